The van der Waals surface area contributed by atoms with Crippen LogP contribution in [0.3, 0.4) is 0 Å². The van der Waals surface area contributed by atoms with E-state index in [1.165, 1.54) is 5.56 Å². The highest BCUT2D eigenvalue weighted by atomic mass is 16.3. The molecule has 0 aliphatic carbocycles. The molecule has 1 atom stereocenters. The number of amides is 1. The maximum atomic E-state index is 11.0. The highest BCUT2D eigenvalue weighted by Gasteiger charge is 2.44. The summed E-state index contributed by atoms with van der Waals surface area (Å²) in [5.41, 5.74) is 2.36. The van der Waals surface area contributed by atoms with Gasteiger partial charge in [0.2, 0.25) is 6.41 Å². The predicted molar refractivity (Wildman–Crippen MR) is 99.1 cm³/mol. The molecule has 0 saturated carbocycles. The minimum absolute atomic E-state index is 0.293. The lowest BCUT2D eigenvalue weighted by Gasteiger charge is -2.47. The molecule has 0 spiro atoms. The lowest BCUT2D eigenvalue weighted by atomic mass is 9.75. The molecule has 132 valence electrons. The number of carbonyl (C=O) groups excluding carboxylic acids is 1. The molecular formula is C21H26N2O2. The van der Waals surface area contributed by atoms with Crippen LogP contribution >= 0.6 is 0 Å². The van der Waals surface area contributed by atoms with Crippen LogP contribution in [-0.2, 0) is 17.6 Å². The first-order valence-electron chi connectivity index (χ1n) is 9.02. The van der Waals surface area contributed by atoms with Gasteiger partial charge in [0, 0.05) is 24.6 Å². The summed E-state index contributed by atoms with van der Waals surface area (Å²) in [6, 6.07) is 6.19. The molecule has 2 N–H and O–H groups in total. The second-order valence-electron chi connectivity index (χ2n) is 7.03. The molecule has 3 heterocycles. The molecule has 3 aliphatic heterocycles. The number of carbonyl (C=O) groups is 1. The Morgan fingerprint density at radius 2 is 2.20 bits per heavy atom. The third-order valence-corrected chi connectivity index (χ3v) is 5.32. The molecule has 4 heteroatoms. The first-order valence-corrected chi connectivity index (χ1v) is 9.02. The van der Waals surface area contributed by atoms with Gasteiger partial charge >= 0.3 is 0 Å². The van der Waals surface area contributed by atoms with E-state index in [-0.39, 0.29) is 0 Å². The van der Waals surface area contributed by atoms with Gasteiger partial charge in [0.15, 0.2) is 0 Å². The van der Waals surface area contributed by atoms with E-state index < -0.39 is 5.60 Å². The zero-order chi connectivity index (χ0) is 17.7. The van der Waals surface area contributed by atoms with Crippen molar-refractivity contribution in [2.75, 3.05) is 26.2 Å². The summed E-state index contributed by atoms with van der Waals surface area (Å²) in [4.78, 5) is 12.7. The summed E-state index contributed by atoms with van der Waals surface area (Å²) < 4.78 is 0. The third kappa shape index (κ3) is 4.12. The zero-order valence-electron chi connectivity index (χ0n) is 14.6. The van der Waals surface area contributed by atoms with Crippen LogP contribution in [0.15, 0.2) is 30.9 Å². The van der Waals surface area contributed by atoms with Crippen molar-refractivity contribution in [3.8, 4) is 11.8 Å². The van der Waals surface area contributed by atoms with E-state index in [0.29, 0.717) is 19.0 Å². The number of piperidine rings is 3. The molecule has 3 aliphatic rings. The molecular weight excluding hydrogens is 312 g/mol. The number of hydrogen-bond donors (Lipinski definition) is 2. The Morgan fingerprint density at radius 1 is 1.40 bits per heavy atom. The summed E-state index contributed by atoms with van der Waals surface area (Å²) in [5.74, 6) is 6.72. The van der Waals surface area contributed by atoms with Gasteiger partial charge in [0.1, 0.15) is 5.60 Å². The van der Waals surface area contributed by atoms with Gasteiger partial charge in [-0.3, -0.25) is 9.69 Å². The van der Waals surface area contributed by atoms with E-state index in [2.05, 4.69) is 34.7 Å². The number of allylic oxidation sites excluding steroid dienone is 1. The van der Waals surface area contributed by atoms with Crippen molar-refractivity contribution in [2.45, 2.75) is 31.3 Å². The van der Waals surface area contributed by atoms with Crippen LogP contribution in [0.25, 0.3) is 0 Å². The predicted octanol–water partition coefficient (Wildman–Crippen LogP) is 1.51. The number of nitrogens with one attached hydrogen (secondary N) is 1. The average Bonchev–Trinajstić information content (AvgIpc) is 2.62. The fraction of sp³-hybridized carbons (Fsp3) is 0.476. The fourth-order valence-electron chi connectivity index (χ4n) is 3.88. The zero-order valence-corrected chi connectivity index (χ0v) is 14.6. The van der Waals surface area contributed by atoms with Gasteiger partial charge in [-0.05, 0) is 56.0 Å². The molecule has 1 unspecified atom stereocenters. The molecule has 3 fully saturated rings. The maximum absolute atomic E-state index is 11.0. The Morgan fingerprint density at radius 3 is 2.84 bits per heavy atom. The van der Waals surface area contributed by atoms with Crippen molar-refractivity contribution in [3.63, 3.8) is 0 Å². The minimum atomic E-state index is -0.880. The highest BCUT2D eigenvalue weighted by Crippen LogP contribution is 2.35. The Kier molecular flexibility index (Phi) is 5.57. The Labute approximate surface area is 149 Å². The van der Waals surface area contributed by atoms with Gasteiger partial charge in [0.05, 0.1) is 0 Å². The van der Waals surface area contributed by atoms with Crippen molar-refractivity contribution in [2.24, 2.45) is 5.92 Å². The molecule has 1 aromatic carbocycles. The molecule has 3 saturated heterocycles. The van der Waals surface area contributed by atoms with Crippen molar-refractivity contribution in [1.82, 2.24) is 10.2 Å². The summed E-state index contributed by atoms with van der Waals surface area (Å²) in [5, 5.41) is 13.6. The number of hydrogen-bond acceptors (Lipinski definition) is 3. The van der Waals surface area contributed by atoms with Crippen LogP contribution in [0, 0.1) is 17.8 Å². The van der Waals surface area contributed by atoms with Gasteiger partial charge in [-0.2, -0.15) is 0 Å². The second-order valence-corrected chi connectivity index (χ2v) is 7.03. The van der Waals surface area contributed by atoms with Crippen LogP contribution in [0.2, 0.25) is 0 Å². The molecule has 4 rings (SSSR count). The van der Waals surface area contributed by atoms with Crippen molar-refractivity contribution in [1.29, 1.82) is 0 Å². The fourth-order valence-corrected chi connectivity index (χ4v) is 3.88. The highest BCUT2D eigenvalue weighted by molar-refractivity contribution is 5.47. The Hall–Kier alpha value is -2.09. The standard InChI is InChI=1S/C21H26N2O2/c1-2-3-19-14-17(7-11-22-16-24)4-5-18(19)6-10-21(25)15-23-12-8-20(21)9-13-23/h2,4-5,14,16,20,25H,1,3,7-9,11-13,15H2,(H,22,24). The van der Waals surface area contributed by atoms with Crippen LogP contribution in [0.5, 0.6) is 0 Å². The van der Waals surface area contributed by atoms with Crippen LogP contribution in [0.1, 0.15) is 29.5 Å². The second kappa shape index (κ2) is 7.86. The third-order valence-electron chi connectivity index (χ3n) is 5.32. The molecule has 1 aromatic rings. The van der Waals surface area contributed by atoms with Gasteiger partial charge in [0.25, 0.3) is 0 Å². The number of fused-ring (bicyclic) bond motifs is 3. The van der Waals surface area contributed by atoms with Crippen LogP contribution in [0.4, 0.5) is 0 Å². The summed E-state index contributed by atoms with van der Waals surface area (Å²) in [6.07, 6.45) is 6.20. The number of nitrogens with zero attached hydrogens (tertiary/aromatic N) is 1. The smallest absolute Gasteiger partial charge is 0.207 e. The molecule has 25 heavy (non-hydrogen) atoms. The van der Waals surface area contributed by atoms with Gasteiger partial charge in [-0.1, -0.05) is 30.0 Å². The lowest BCUT2D eigenvalue weighted by molar-refractivity contribution is -0.109. The van der Waals surface area contributed by atoms with E-state index in [1.807, 2.05) is 18.2 Å². The summed E-state index contributed by atoms with van der Waals surface area (Å²) in [6.45, 7) is 7.29. The van der Waals surface area contributed by atoms with Crippen molar-refractivity contribution >= 4 is 6.41 Å². The van der Waals surface area contributed by atoms with Gasteiger partial charge in [-0.15, -0.1) is 6.58 Å². The first-order chi connectivity index (χ1) is 12.1. The first kappa shape index (κ1) is 17.7. The monoisotopic (exact) mass is 338 g/mol. The van der Waals surface area contributed by atoms with E-state index in [9.17, 15) is 9.90 Å². The molecule has 0 radical (unpaired) electrons. The van der Waals surface area contributed by atoms with Crippen LogP contribution < -0.4 is 5.32 Å². The van der Waals surface area contributed by atoms with Crippen molar-refractivity contribution in [3.05, 3.63) is 47.5 Å². The Bertz CT molecular complexity index is 696. The molecule has 4 nitrogen and oxygen atoms in total. The van der Waals surface area contributed by atoms with E-state index in [0.717, 1.165) is 56.3 Å². The number of benzene rings is 1. The van der Waals surface area contributed by atoms with E-state index >= 15 is 0 Å². The average molecular weight is 338 g/mol. The largest absolute Gasteiger partial charge is 0.376 e. The molecule has 1 amide bonds. The summed E-state index contributed by atoms with van der Waals surface area (Å²) in [7, 11) is 0. The topological polar surface area (TPSA) is 52.6 Å². The minimum Gasteiger partial charge on any atom is -0.376 e. The SMILES string of the molecule is C=CCc1cc(CCNC=O)ccc1C#CC1(O)CN2CCC1CC2. The number of aliphatic hydroxyl groups is 1. The lowest BCUT2D eigenvalue weighted by Crippen LogP contribution is -2.58. The normalized spacial score (nSPS) is 27.2. The Balaban J connectivity index is 1.80. The summed E-state index contributed by atoms with van der Waals surface area (Å²) >= 11 is 0. The molecule has 2 bridgehead atoms. The van der Waals surface area contributed by atoms with Crippen LogP contribution in [-0.4, -0.2) is 48.2 Å². The van der Waals surface area contributed by atoms with E-state index in [4.69, 9.17) is 0 Å². The van der Waals surface area contributed by atoms with Crippen molar-refractivity contribution < 1.29 is 9.90 Å². The van der Waals surface area contributed by atoms with Gasteiger partial charge < -0.3 is 10.4 Å². The van der Waals surface area contributed by atoms with E-state index in [1.54, 1.807) is 0 Å². The van der Waals surface area contributed by atoms with Gasteiger partial charge in [-0.25, -0.2) is 0 Å². The molecule has 0 aromatic heterocycles. The quantitative estimate of drug-likeness (QED) is 0.358. The number of rotatable bonds is 6. The maximum Gasteiger partial charge on any atom is 0.207 e.